The molecule has 0 atom stereocenters. The zero-order valence-electron chi connectivity index (χ0n) is 18.5. The van der Waals surface area contributed by atoms with Gasteiger partial charge in [-0.3, -0.25) is 22.1 Å². The van der Waals surface area contributed by atoms with E-state index in [0.717, 1.165) is 41.8 Å². The van der Waals surface area contributed by atoms with Gasteiger partial charge >= 0.3 is 0 Å². The molecule has 8 heteroatoms. The monoisotopic (exact) mass is 446 g/mol. The third-order valence-electron chi connectivity index (χ3n) is 4.22. The molecule has 0 saturated heterocycles. The number of rotatable bonds is 7. The Hall–Kier alpha value is -2.71. The van der Waals surface area contributed by atoms with Crippen LogP contribution in [0.4, 0.5) is 0 Å². The molecule has 0 aliphatic carbocycles. The van der Waals surface area contributed by atoms with Crippen molar-refractivity contribution >= 4 is 23.3 Å². The Balaban J connectivity index is 0.000000550. The van der Waals surface area contributed by atoms with Crippen LogP contribution >= 0.6 is 11.6 Å². The number of aliphatic imine (C=N–C) groups is 1. The van der Waals surface area contributed by atoms with E-state index >= 15 is 0 Å². The molecule has 0 spiro atoms. The Kier molecular flexibility index (Phi) is 15.5. The second-order valence-electron chi connectivity index (χ2n) is 6.52. The van der Waals surface area contributed by atoms with Gasteiger partial charge in [-0.25, -0.2) is 0 Å². The van der Waals surface area contributed by atoms with E-state index in [4.69, 9.17) is 27.9 Å². The lowest BCUT2D eigenvalue weighted by atomic mass is 9.98. The number of nitrogens with two attached hydrogens (primary N) is 3. The number of hydrogen-bond acceptors (Lipinski definition) is 5. The summed E-state index contributed by atoms with van der Waals surface area (Å²) in [6, 6.07) is 15.9. The van der Waals surface area contributed by atoms with Gasteiger partial charge in [0.15, 0.2) is 0 Å². The van der Waals surface area contributed by atoms with E-state index in [1.54, 1.807) is 7.05 Å². The first-order valence-electron chi connectivity index (χ1n) is 9.93. The predicted molar refractivity (Wildman–Crippen MR) is 133 cm³/mol. The molecular weight excluding hydrogens is 412 g/mol. The van der Waals surface area contributed by atoms with Gasteiger partial charge in [0.05, 0.1) is 12.3 Å². The summed E-state index contributed by atoms with van der Waals surface area (Å²) in [5.74, 6) is 8.97. The normalized spacial score (nSPS) is 10.9. The van der Waals surface area contributed by atoms with Crippen LogP contribution in [0.25, 0.3) is 11.1 Å². The number of nitrogens with zero attached hydrogens (tertiary/aromatic N) is 1. The number of aryl methyl sites for hydroxylation is 1. The lowest BCUT2D eigenvalue weighted by Gasteiger charge is -2.09. The summed E-state index contributed by atoms with van der Waals surface area (Å²) in [6.07, 6.45) is 3.10. The Bertz CT molecular complexity index is 834. The van der Waals surface area contributed by atoms with Gasteiger partial charge in [-0.2, -0.15) is 0 Å². The van der Waals surface area contributed by atoms with E-state index in [0.29, 0.717) is 5.70 Å². The third-order valence-corrected chi connectivity index (χ3v) is 4.49. The maximum atomic E-state index is 8.83. The molecule has 0 fully saturated rings. The van der Waals surface area contributed by atoms with E-state index in [-0.39, 0.29) is 12.4 Å². The van der Waals surface area contributed by atoms with E-state index < -0.39 is 0 Å². The smallest absolute Gasteiger partial charge is 0.123 e. The number of aliphatic hydroxyl groups excluding tert-OH is 1. The number of unbranched alkanes of at least 4 members (excludes halogenated alkanes) is 1. The van der Waals surface area contributed by atoms with Crippen molar-refractivity contribution in [3.8, 4) is 11.1 Å². The molecule has 0 bridgehead atoms. The Labute approximate surface area is 190 Å². The number of halogens is 1. The molecule has 9 N–H and O–H groups in total. The average Bonchev–Trinajstić information content (AvgIpc) is 2.81. The summed E-state index contributed by atoms with van der Waals surface area (Å²) in [5.41, 5.74) is 11.6. The molecule has 170 valence electrons. The Morgan fingerprint density at radius 2 is 1.77 bits per heavy atom. The number of hydrogen-bond donors (Lipinski definition) is 6. The van der Waals surface area contributed by atoms with Crippen molar-refractivity contribution in [1.29, 1.82) is 5.41 Å². The van der Waals surface area contributed by atoms with E-state index in [1.165, 1.54) is 11.1 Å². The lowest BCUT2D eigenvalue weighted by Crippen LogP contribution is -2.24. The molecule has 0 radical (unpaired) electrons. The minimum absolute atomic E-state index is 0.0886. The Morgan fingerprint density at radius 1 is 1.16 bits per heavy atom. The van der Waals surface area contributed by atoms with Crippen LogP contribution < -0.4 is 22.7 Å². The van der Waals surface area contributed by atoms with Gasteiger partial charge in [-0.1, -0.05) is 79.0 Å². The average molecular weight is 447 g/mol. The van der Waals surface area contributed by atoms with Crippen molar-refractivity contribution in [1.82, 2.24) is 5.32 Å². The molecule has 0 heterocycles. The number of hydrazine groups is 1. The molecule has 2 rings (SSSR count). The van der Waals surface area contributed by atoms with Gasteiger partial charge in [0, 0.05) is 24.6 Å². The molecule has 2 aromatic carbocycles. The number of amidine groups is 2. The second-order valence-corrected chi connectivity index (χ2v) is 6.73. The van der Waals surface area contributed by atoms with Crippen LogP contribution in [0.3, 0.4) is 0 Å². The van der Waals surface area contributed by atoms with Gasteiger partial charge < -0.3 is 16.2 Å². The highest BCUT2D eigenvalue weighted by Crippen LogP contribution is 2.23. The molecule has 0 aliphatic rings. The van der Waals surface area contributed by atoms with Crippen LogP contribution in [0.15, 0.2) is 64.8 Å². The second kappa shape index (κ2) is 17.0. The van der Waals surface area contributed by atoms with Gasteiger partial charge in [-0.15, -0.1) is 0 Å². The standard InChI is InChI=1S/C14H14N2.C9H17ClN2O.H4N2/c1-10-6-8-11(9-7-10)12-4-2-3-5-13(12)14(15)16;1-3-4-5-9(11-2)12-8(6-10)7-13;1-2/h2-9H,1H3,(H3,15,16);6,13H,3-5,7H2,1-2H3,(H,11,12);1-2H2/b;8-6+;. The minimum atomic E-state index is -0.0886. The molecule has 7 nitrogen and oxygen atoms in total. The summed E-state index contributed by atoms with van der Waals surface area (Å²) >= 11 is 5.46. The fraction of sp³-hybridized carbons (Fsp3) is 0.304. The summed E-state index contributed by atoms with van der Waals surface area (Å²) in [4.78, 5) is 4.06. The van der Waals surface area contributed by atoms with Crippen molar-refractivity contribution in [2.24, 2.45) is 22.4 Å². The fourth-order valence-corrected chi connectivity index (χ4v) is 2.69. The molecule has 0 aliphatic heterocycles. The maximum absolute atomic E-state index is 8.83. The highest BCUT2D eigenvalue weighted by Gasteiger charge is 2.06. The fourth-order valence-electron chi connectivity index (χ4n) is 2.56. The summed E-state index contributed by atoms with van der Waals surface area (Å²) in [6.45, 7) is 4.09. The molecule has 0 aromatic heterocycles. The maximum Gasteiger partial charge on any atom is 0.123 e. The van der Waals surface area contributed by atoms with Crippen molar-refractivity contribution < 1.29 is 5.11 Å². The highest BCUT2D eigenvalue weighted by atomic mass is 35.5. The molecule has 31 heavy (non-hydrogen) atoms. The predicted octanol–water partition coefficient (Wildman–Crippen LogP) is 3.63. The van der Waals surface area contributed by atoms with Crippen LogP contribution in [0.2, 0.25) is 0 Å². The van der Waals surface area contributed by atoms with Crippen LogP contribution in [-0.2, 0) is 0 Å². The molecular formula is C23H35ClN6O. The number of benzene rings is 2. The van der Waals surface area contributed by atoms with Crippen molar-refractivity contribution in [2.45, 2.75) is 33.1 Å². The van der Waals surface area contributed by atoms with Crippen LogP contribution in [0.5, 0.6) is 0 Å². The van der Waals surface area contributed by atoms with Crippen molar-refractivity contribution in [3.63, 3.8) is 0 Å². The van der Waals surface area contributed by atoms with Gasteiger partial charge in [0.1, 0.15) is 11.7 Å². The molecule has 0 unspecified atom stereocenters. The Morgan fingerprint density at radius 3 is 2.26 bits per heavy atom. The van der Waals surface area contributed by atoms with E-state index in [2.05, 4.69) is 60.1 Å². The van der Waals surface area contributed by atoms with E-state index in [1.807, 2.05) is 24.3 Å². The molecule has 0 amide bonds. The first-order chi connectivity index (χ1) is 15.0. The van der Waals surface area contributed by atoms with Gasteiger partial charge in [0.2, 0.25) is 0 Å². The number of nitrogen functional groups attached to an aromatic ring is 1. The van der Waals surface area contributed by atoms with Crippen molar-refractivity contribution in [3.05, 3.63) is 70.9 Å². The van der Waals surface area contributed by atoms with Crippen LogP contribution in [0, 0.1) is 12.3 Å². The van der Waals surface area contributed by atoms with Gasteiger partial charge in [0.25, 0.3) is 0 Å². The van der Waals surface area contributed by atoms with E-state index in [9.17, 15) is 0 Å². The highest BCUT2D eigenvalue weighted by molar-refractivity contribution is 6.25. The lowest BCUT2D eigenvalue weighted by molar-refractivity contribution is 0.326. The minimum Gasteiger partial charge on any atom is -0.390 e. The van der Waals surface area contributed by atoms with Crippen LogP contribution in [-0.4, -0.2) is 30.4 Å². The van der Waals surface area contributed by atoms with Crippen LogP contribution in [0.1, 0.15) is 37.3 Å². The largest absolute Gasteiger partial charge is 0.390 e. The summed E-state index contributed by atoms with van der Waals surface area (Å²) in [7, 11) is 1.72. The van der Waals surface area contributed by atoms with Crippen molar-refractivity contribution in [2.75, 3.05) is 13.7 Å². The summed E-state index contributed by atoms with van der Waals surface area (Å²) in [5, 5.41) is 19.3. The first kappa shape index (κ1) is 28.3. The number of nitrogens with one attached hydrogen (secondary N) is 2. The topological polar surface area (TPSA) is 147 Å². The molecule has 0 saturated carbocycles. The quantitative estimate of drug-likeness (QED) is 0.166. The zero-order chi connectivity index (χ0) is 23.6. The molecule has 2 aromatic rings. The SMILES string of the molecule is CCCCC(=NC)N/C(=C/Cl)CO.Cc1ccc(-c2ccccc2C(=N)N)cc1.NN. The summed E-state index contributed by atoms with van der Waals surface area (Å²) < 4.78 is 0. The first-order valence-corrected chi connectivity index (χ1v) is 10.4. The number of aliphatic hydroxyl groups is 1. The van der Waals surface area contributed by atoms with Gasteiger partial charge in [-0.05, 0) is 24.5 Å². The third kappa shape index (κ3) is 10.8. The zero-order valence-corrected chi connectivity index (χ0v) is 19.3.